The maximum Gasteiger partial charge on any atom is 0.246 e. The van der Waals surface area contributed by atoms with Crippen LogP contribution >= 0.6 is 0 Å². The van der Waals surface area contributed by atoms with Crippen LogP contribution in [-0.4, -0.2) is 27.6 Å². The molecular weight excluding hydrogens is 360 g/mol. The van der Waals surface area contributed by atoms with E-state index in [-0.39, 0.29) is 11.5 Å². The van der Waals surface area contributed by atoms with Gasteiger partial charge in [0.05, 0.1) is 11.4 Å². The lowest BCUT2D eigenvalue weighted by atomic mass is 10.1. The van der Waals surface area contributed by atoms with Crippen molar-refractivity contribution in [2.45, 2.75) is 20.4 Å². The molecular formula is C22H21F2N3O. The van der Waals surface area contributed by atoms with E-state index in [9.17, 15) is 13.6 Å². The molecule has 0 fully saturated rings. The topological polar surface area (TPSA) is 38.1 Å². The van der Waals surface area contributed by atoms with E-state index in [4.69, 9.17) is 0 Å². The zero-order valence-corrected chi connectivity index (χ0v) is 16.0. The zero-order valence-electron chi connectivity index (χ0n) is 16.0. The number of aromatic nitrogens is 2. The van der Waals surface area contributed by atoms with E-state index in [1.165, 1.54) is 17.0 Å². The molecule has 0 N–H and O–H groups in total. The smallest absolute Gasteiger partial charge is 0.246 e. The van der Waals surface area contributed by atoms with Crippen LogP contribution in [0.2, 0.25) is 0 Å². The lowest BCUT2D eigenvalue weighted by Crippen LogP contribution is -2.24. The van der Waals surface area contributed by atoms with E-state index < -0.39 is 11.6 Å². The van der Waals surface area contributed by atoms with Gasteiger partial charge < -0.3 is 4.90 Å². The standard InChI is InChI=1S/C22H21F2N3O/c1-15-19(16(2)27(25-15)17-8-5-4-6-9-17)14-26(3)22(28)13-12-18-20(23)10-7-11-21(18)24/h4-13H,14H2,1-3H3/b13-12+. The fourth-order valence-corrected chi connectivity index (χ4v) is 2.99. The van der Waals surface area contributed by atoms with Crippen molar-refractivity contribution < 1.29 is 13.6 Å². The summed E-state index contributed by atoms with van der Waals surface area (Å²) in [5.41, 5.74) is 3.41. The molecule has 1 heterocycles. The first-order chi connectivity index (χ1) is 13.4. The van der Waals surface area contributed by atoms with Crippen molar-refractivity contribution >= 4 is 12.0 Å². The van der Waals surface area contributed by atoms with Crippen molar-refractivity contribution in [3.05, 3.63) is 88.8 Å². The summed E-state index contributed by atoms with van der Waals surface area (Å²) >= 11 is 0. The summed E-state index contributed by atoms with van der Waals surface area (Å²) in [6, 6.07) is 13.3. The number of carbonyl (C=O) groups is 1. The summed E-state index contributed by atoms with van der Waals surface area (Å²) in [4.78, 5) is 13.9. The van der Waals surface area contributed by atoms with Crippen molar-refractivity contribution in [1.82, 2.24) is 14.7 Å². The zero-order chi connectivity index (χ0) is 20.3. The molecule has 0 radical (unpaired) electrons. The Labute approximate surface area is 162 Å². The highest BCUT2D eigenvalue weighted by molar-refractivity contribution is 5.91. The summed E-state index contributed by atoms with van der Waals surface area (Å²) in [6.45, 7) is 4.18. The monoisotopic (exact) mass is 381 g/mol. The fourth-order valence-electron chi connectivity index (χ4n) is 2.99. The molecule has 0 unspecified atom stereocenters. The Morgan fingerprint density at radius 2 is 1.71 bits per heavy atom. The third-order valence-electron chi connectivity index (χ3n) is 4.61. The van der Waals surface area contributed by atoms with E-state index >= 15 is 0 Å². The first-order valence-corrected chi connectivity index (χ1v) is 8.86. The summed E-state index contributed by atoms with van der Waals surface area (Å²) in [7, 11) is 1.64. The van der Waals surface area contributed by atoms with Gasteiger partial charge in [-0.1, -0.05) is 24.3 Å². The molecule has 0 saturated carbocycles. The van der Waals surface area contributed by atoms with Crippen LogP contribution in [0.5, 0.6) is 0 Å². The minimum absolute atomic E-state index is 0.228. The van der Waals surface area contributed by atoms with Gasteiger partial charge in [-0.25, -0.2) is 13.5 Å². The van der Waals surface area contributed by atoms with Crippen LogP contribution in [0.1, 0.15) is 22.5 Å². The van der Waals surface area contributed by atoms with Gasteiger partial charge in [-0.3, -0.25) is 4.79 Å². The maximum absolute atomic E-state index is 13.7. The normalized spacial score (nSPS) is 11.2. The first-order valence-electron chi connectivity index (χ1n) is 8.86. The summed E-state index contributed by atoms with van der Waals surface area (Å²) in [5, 5.41) is 4.57. The van der Waals surface area contributed by atoms with Crippen LogP contribution in [0, 0.1) is 25.5 Å². The van der Waals surface area contributed by atoms with Crippen molar-refractivity contribution in [3.8, 4) is 5.69 Å². The van der Waals surface area contributed by atoms with Crippen LogP contribution < -0.4 is 0 Å². The highest BCUT2D eigenvalue weighted by Gasteiger charge is 2.16. The molecule has 0 atom stereocenters. The van der Waals surface area contributed by atoms with Gasteiger partial charge in [0.15, 0.2) is 0 Å². The predicted octanol–water partition coefficient (Wildman–Crippen LogP) is 4.44. The molecule has 1 amide bonds. The van der Waals surface area contributed by atoms with Crippen molar-refractivity contribution in [2.24, 2.45) is 0 Å². The van der Waals surface area contributed by atoms with Crippen molar-refractivity contribution in [3.63, 3.8) is 0 Å². The number of aryl methyl sites for hydroxylation is 1. The third kappa shape index (κ3) is 4.01. The quantitative estimate of drug-likeness (QED) is 0.613. The van der Waals surface area contributed by atoms with Crippen LogP contribution in [-0.2, 0) is 11.3 Å². The summed E-state index contributed by atoms with van der Waals surface area (Å²) < 4.78 is 29.2. The molecule has 0 aliphatic heterocycles. The molecule has 144 valence electrons. The summed E-state index contributed by atoms with van der Waals surface area (Å²) in [5.74, 6) is -1.76. The molecule has 0 spiro atoms. The average molecular weight is 381 g/mol. The van der Waals surface area contributed by atoms with Crippen LogP contribution in [0.3, 0.4) is 0 Å². The number of hydrogen-bond donors (Lipinski definition) is 0. The van der Waals surface area contributed by atoms with E-state index in [0.717, 1.165) is 40.8 Å². The van der Waals surface area contributed by atoms with E-state index in [1.807, 2.05) is 48.9 Å². The van der Waals surface area contributed by atoms with Crippen molar-refractivity contribution in [1.29, 1.82) is 0 Å². The van der Waals surface area contributed by atoms with Gasteiger partial charge >= 0.3 is 0 Å². The molecule has 2 aromatic carbocycles. The Kier molecular flexibility index (Phi) is 5.68. The first kappa shape index (κ1) is 19.5. The van der Waals surface area contributed by atoms with Crippen LogP contribution in [0.4, 0.5) is 8.78 Å². The second-order valence-corrected chi connectivity index (χ2v) is 6.56. The lowest BCUT2D eigenvalue weighted by molar-refractivity contribution is -0.125. The minimum atomic E-state index is -0.706. The van der Waals surface area contributed by atoms with E-state index in [2.05, 4.69) is 5.10 Å². The number of benzene rings is 2. The molecule has 0 aliphatic carbocycles. The van der Waals surface area contributed by atoms with Gasteiger partial charge in [-0.15, -0.1) is 0 Å². The average Bonchev–Trinajstić information content (AvgIpc) is 2.96. The fraction of sp³-hybridized carbons (Fsp3) is 0.182. The van der Waals surface area contributed by atoms with Gasteiger partial charge in [-0.2, -0.15) is 5.10 Å². The number of amides is 1. The minimum Gasteiger partial charge on any atom is -0.338 e. The second-order valence-electron chi connectivity index (χ2n) is 6.56. The van der Waals surface area contributed by atoms with E-state index in [1.54, 1.807) is 7.05 Å². The van der Waals surface area contributed by atoms with Crippen molar-refractivity contribution in [2.75, 3.05) is 7.05 Å². The molecule has 4 nitrogen and oxygen atoms in total. The highest BCUT2D eigenvalue weighted by Crippen LogP contribution is 2.20. The van der Waals surface area contributed by atoms with E-state index in [0.29, 0.717) is 6.54 Å². The summed E-state index contributed by atoms with van der Waals surface area (Å²) in [6.07, 6.45) is 2.34. The molecule has 28 heavy (non-hydrogen) atoms. The predicted molar refractivity (Wildman–Crippen MR) is 105 cm³/mol. The Balaban J connectivity index is 1.78. The highest BCUT2D eigenvalue weighted by atomic mass is 19.1. The second kappa shape index (κ2) is 8.17. The van der Waals surface area contributed by atoms with Gasteiger partial charge in [0.2, 0.25) is 5.91 Å². The Morgan fingerprint density at radius 1 is 1.07 bits per heavy atom. The largest absolute Gasteiger partial charge is 0.338 e. The van der Waals surface area contributed by atoms with Gasteiger partial charge in [0, 0.05) is 36.5 Å². The number of para-hydroxylation sites is 1. The molecule has 0 bridgehead atoms. The van der Waals surface area contributed by atoms with Gasteiger partial charge in [-0.05, 0) is 44.2 Å². The van der Waals surface area contributed by atoms with Crippen LogP contribution in [0.25, 0.3) is 11.8 Å². The molecule has 3 aromatic rings. The number of likely N-dealkylation sites (N-methyl/N-ethyl adjacent to an activating group) is 1. The Morgan fingerprint density at radius 3 is 2.36 bits per heavy atom. The number of carbonyl (C=O) groups excluding carboxylic acids is 1. The Hall–Kier alpha value is -3.28. The number of hydrogen-bond acceptors (Lipinski definition) is 2. The molecule has 0 saturated heterocycles. The van der Waals surface area contributed by atoms with Gasteiger partial charge in [0.1, 0.15) is 11.6 Å². The number of nitrogens with zero attached hydrogens (tertiary/aromatic N) is 3. The SMILES string of the molecule is Cc1nn(-c2ccccc2)c(C)c1CN(C)C(=O)/C=C/c1c(F)cccc1F. The number of halogens is 2. The third-order valence-corrected chi connectivity index (χ3v) is 4.61. The Bertz CT molecular complexity index is 1010. The van der Waals surface area contributed by atoms with Crippen LogP contribution in [0.15, 0.2) is 54.6 Å². The maximum atomic E-state index is 13.7. The number of rotatable bonds is 5. The molecule has 1 aromatic heterocycles. The lowest BCUT2D eigenvalue weighted by Gasteiger charge is -2.15. The van der Waals surface area contributed by atoms with Gasteiger partial charge in [0.25, 0.3) is 0 Å². The molecule has 0 aliphatic rings. The molecule has 3 rings (SSSR count). The molecule has 6 heteroatoms.